The van der Waals surface area contributed by atoms with Gasteiger partial charge in [-0.3, -0.25) is 4.79 Å². The third-order valence-corrected chi connectivity index (χ3v) is 2.27. The molecule has 90 valence electrons. The van der Waals surface area contributed by atoms with Crippen LogP contribution in [0.4, 0.5) is 0 Å². The summed E-state index contributed by atoms with van der Waals surface area (Å²) < 4.78 is 9.60. The third-order valence-electron chi connectivity index (χ3n) is 2.27. The smallest absolute Gasteiger partial charge is 0.308 e. The van der Waals surface area contributed by atoms with E-state index in [9.17, 15) is 9.59 Å². The van der Waals surface area contributed by atoms with Crippen molar-refractivity contribution in [2.45, 2.75) is 12.5 Å². The zero-order chi connectivity index (χ0) is 12.7. The highest BCUT2D eigenvalue weighted by atomic mass is 16.5. The molecule has 17 heavy (non-hydrogen) atoms. The fourth-order valence-electron chi connectivity index (χ4n) is 1.39. The molecule has 5 nitrogen and oxygen atoms in total. The number of isocyanates is 1. The standard InChI is InChI=1S/C12H13NO4/c1-16-10-5-3-4-9(6-10)11(13-8-14)7-12(15)17-2/h3-6,11H,7H2,1-2H3/t11-/m1/s1. The number of nitrogens with zero attached hydrogens (tertiary/aromatic N) is 1. The van der Waals surface area contributed by atoms with Crippen LogP contribution in [0.2, 0.25) is 0 Å². The van der Waals surface area contributed by atoms with Crippen molar-refractivity contribution in [2.24, 2.45) is 4.99 Å². The van der Waals surface area contributed by atoms with E-state index in [1.165, 1.54) is 20.3 Å². The Kier molecular flexibility index (Phi) is 4.91. The Labute approximate surface area is 99.1 Å². The van der Waals surface area contributed by atoms with Gasteiger partial charge in [0.1, 0.15) is 5.75 Å². The summed E-state index contributed by atoms with van der Waals surface area (Å²) in [5.74, 6) is 0.204. The average molecular weight is 235 g/mol. The van der Waals surface area contributed by atoms with E-state index >= 15 is 0 Å². The Morgan fingerprint density at radius 3 is 2.82 bits per heavy atom. The molecule has 1 aromatic rings. The fourth-order valence-corrected chi connectivity index (χ4v) is 1.39. The number of ether oxygens (including phenoxy) is 2. The molecule has 0 saturated heterocycles. The van der Waals surface area contributed by atoms with E-state index in [2.05, 4.69) is 9.73 Å². The molecule has 0 bridgehead atoms. The summed E-state index contributed by atoms with van der Waals surface area (Å²) in [7, 11) is 2.83. The van der Waals surface area contributed by atoms with Crippen molar-refractivity contribution in [1.82, 2.24) is 0 Å². The zero-order valence-electron chi connectivity index (χ0n) is 9.67. The van der Waals surface area contributed by atoms with Crippen LogP contribution >= 0.6 is 0 Å². The SMILES string of the molecule is COC(=O)C[C@@H](N=C=O)c1cccc(OC)c1. The van der Waals surface area contributed by atoms with Crippen molar-refractivity contribution in [3.05, 3.63) is 29.8 Å². The minimum atomic E-state index is -0.588. The summed E-state index contributed by atoms with van der Waals surface area (Å²) in [6.07, 6.45) is 1.46. The van der Waals surface area contributed by atoms with E-state index in [1.54, 1.807) is 24.3 Å². The lowest BCUT2D eigenvalue weighted by molar-refractivity contribution is -0.141. The Morgan fingerprint density at radius 2 is 2.24 bits per heavy atom. The van der Waals surface area contributed by atoms with E-state index in [0.717, 1.165) is 0 Å². The number of aliphatic imine (C=N–C) groups is 1. The number of carbonyl (C=O) groups is 1. The molecule has 0 unspecified atom stereocenters. The summed E-state index contributed by atoms with van der Waals surface area (Å²) in [5.41, 5.74) is 0.707. The molecule has 5 heteroatoms. The predicted octanol–water partition coefficient (Wildman–Crippen LogP) is 1.64. The lowest BCUT2D eigenvalue weighted by Crippen LogP contribution is -2.07. The normalized spacial score (nSPS) is 11.2. The Hall–Kier alpha value is -2.13. The molecule has 0 aliphatic heterocycles. The van der Waals surface area contributed by atoms with Gasteiger partial charge >= 0.3 is 5.97 Å². The van der Waals surface area contributed by atoms with E-state index in [1.807, 2.05) is 0 Å². The first-order chi connectivity index (χ1) is 8.21. The molecule has 0 fully saturated rings. The van der Waals surface area contributed by atoms with Crippen molar-refractivity contribution in [3.63, 3.8) is 0 Å². The molecule has 0 heterocycles. The Bertz CT molecular complexity index is 438. The monoisotopic (exact) mass is 235 g/mol. The second-order valence-electron chi connectivity index (χ2n) is 3.29. The molecule has 0 aliphatic rings. The molecule has 1 aromatic carbocycles. The average Bonchev–Trinajstić information content (AvgIpc) is 2.38. The Morgan fingerprint density at radius 1 is 1.47 bits per heavy atom. The first-order valence-corrected chi connectivity index (χ1v) is 4.99. The van der Waals surface area contributed by atoms with Gasteiger partial charge in [0, 0.05) is 0 Å². The van der Waals surface area contributed by atoms with Crippen molar-refractivity contribution in [1.29, 1.82) is 0 Å². The van der Waals surface area contributed by atoms with E-state index < -0.39 is 12.0 Å². The second kappa shape index (κ2) is 6.45. The topological polar surface area (TPSA) is 65.0 Å². The maximum atomic E-state index is 11.2. The second-order valence-corrected chi connectivity index (χ2v) is 3.29. The zero-order valence-corrected chi connectivity index (χ0v) is 9.67. The van der Waals surface area contributed by atoms with Gasteiger partial charge in [-0.1, -0.05) is 12.1 Å². The predicted molar refractivity (Wildman–Crippen MR) is 60.5 cm³/mol. The molecule has 1 rings (SSSR count). The first kappa shape index (κ1) is 12.9. The van der Waals surface area contributed by atoms with Crippen molar-refractivity contribution >= 4 is 12.0 Å². The van der Waals surface area contributed by atoms with Crippen LogP contribution in [0.15, 0.2) is 29.3 Å². The lowest BCUT2D eigenvalue weighted by atomic mass is 10.0. The van der Waals surface area contributed by atoms with E-state index in [-0.39, 0.29) is 6.42 Å². The molecular formula is C12H13NO4. The number of hydrogen-bond acceptors (Lipinski definition) is 5. The molecule has 0 aromatic heterocycles. The molecule has 0 amide bonds. The number of rotatable bonds is 5. The van der Waals surface area contributed by atoms with Gasteiger partial charge in [-0.25, -0.2) is 4.79 Å². The first-order valence-electron chi connectivity index (χ1n) is 4.99. The minimum absolute atomic E-state index is 0.00108. The summed E-state index contributed by atoms with van der Waals surface area (Å²) in [6.45, 7) is 0. The number of methoxy groups -OCH3 is 2. The number of hydrogen-bond donors (Lipinski definition) is 0. The van der Waals surface area contributed by atoms with Crippen LogP contribution in [0, 0.1) is 0 Å². The van der Waals surface area contributed by atoms with Crippen LogP contribution in [0.25, 0.3) is 0 Å². The van der Waals surface area contributed by atoms with Gasteiger partial charge < -0.3 is 9.47 Å². The fraction of sp³-hybridized carbons (Fsp3) is 0.333. The maximum Gasteiger partial charge on any atom is 0.308 e. The van der Waals surface area contributed by atoms with Gasteiger partial charge in [0.2, 0.25) is 6.08 Å². The van der Waals surface area contributed by atoms with Crippen LogP contribution in [-0.4, -0.2) is 26.3 Å². The van der Waals surface area contributed by atoms with Crippen molar-refractivity contribution in [2.75, 3.05) is 14.2 Å². The molecule has 0 radical (unpaired) electrons. The van der Waals surface area contributed by atoms with Gasteiger partial charge in [0.25, 0.3) is 0 Å². The van der Waals surface area contributed by atoms with Crippen LogP contribution in [0.5, 0.6) is 5.75 Å². The quantitative estimate of drug-likeness (QED) is 0.442. The van der Waals surface area contributed by atoms with Crippen molar-refractivity contribution in [3.8, 4) is 5.75 Å². The van der Waals surface area contributed by atoms with Gasteiger partial charge in [0.15, 0.2) is 0 Å². The number of esters is 1. The highest BCUT2D eigenvalue weighted by molar-refractivity contribution is 5.70. The molecule has 0 spiro atoms. The molecular weight excluding hydrogens is 222 g/mol. The number of carbonyl (C=O) groups excluding carboxylic acids is 2. The van der Waals surface area contributed by atoms with Gasteiger partial charge in [-0.2, -0.15) is 4.99 Å². The summed E-state index contributed by atoms with van der Waals surface area (Å²) in [5, 5.41) is 0. The van der Waals surface area contributed by atoms with Gasteiger partial charge in [0.05, 0.1) is 26.7 Å². The highest BCUT2D eigenvalue weighted by Crippen LogP contribution is 2.24. The highest BCUT2D eigenvalue weighted by Gasteiger charge is 2.16. The van der Waals surface area contributed by atoms with Gasteiger partial charge in [-0.15, -0.1) is 0 Å². The minimum Gasteiger partial charge on any atom is -0.497 e. The Balaban J connectivity index is 2.96. The van der Waals surface area contributed by atoms with Gasteiger partial charge in [-0.05, 0) is 17.7 Å². The van der Waals surface area contributed by atoms with E-state index in [0.29, 0.717) is 11.3 Å². The van der Waals surface area contributed by atoms with Crippen molar-refractivity contribution < 1.29 is 19.1 Å². The lowest BCUT2D eigenvalue weighted by Gasteiger charge is -2.10. The molecule has 1 atom stereocenters. The third kappa shape index (κ3) is 3.74. The van der Waals surface area contributed by atoms with E-state index in [4.69, 9.17) is 4.74 Å². The van der Waals surface area contributed by atoms with Crippen LogP contribution in [0.1, 0.15) is 18.0 Å². The number of benzene rings is 1. The molecule has 0 N–H and O–H groups in total. The van der Waals surface area contributed by atoms with Crippen LogP contribution < -0.4 is 4.74 Å². The maximum absolute atomic E-state index is 11.2. The largest absolute Gasteiger partial charge is 0.497 e. The molecule has 0 aliphatic carbocycles. The van der Waals surface area contributed by atoms with Crippen LogP contribution in [0.3, 0.4) is 0 Å². The summed E-state index contributed by atoms with van der Waals surface area (Å²) >= 11 is 0. The summed E-state index contributed by atoms with van der Waals surface area (Å²) in [6, 6.07) is 6.42. The summed E-state index contributed by atoms with van der Waals surface area (Å²) in [4.78, 5) is 25.1. The molecule has 0 saturated carbocycles. The van der Waals surface area contributed by atoms with Crippen LogP contribution in [-0.2, 0) is 14.3 Å².